The van der Waals surface area contributed by atoms with Crippen LogP contribution in [0.25, 0.3) is 0 Å². The van der Waals surface area contributed by atoms with Crippen molar-refractivity contribution in [3.8, 4) is 0 Å². The van der Waals surface area contributed by atoms with Crippen LogP contribution in [0.2, 0.25) is 0 Å². The molecule has 0 aliphatic heterocycles. The van der Waals surface area contributed by atoms with Gasteiger partial charge in [0, 0.05) is 11.4 Å². The van der Waals surface area contributed by atoms with Gasteiger partial charge in [-0.25, -0.2) is 0 Å². The molecular formula is C18H20N2O. The molecule has 1 aliphatic carbocycles. The van der Waals surface area contributed by atoms with Crippen LogP contribution in [0.15, 0.2) is 42.5 Å². The van der Waals surface area contributed by atoms with Crippen molar-refractivity contribution in [1.82, 2.24) is 0 Å². The number of carbonyl (C=O) groups is 1. The van der Waals surface area contributed by atoms with Crippen molar-refractivity contribution >= 4 is 17.3 Å². The number of nitrogens with one attached hydrogen (secondary N) is 1. The smallest absolute Gasteiger partial charge is 0.235 e. The van der Waals surface area contributed by atoms with Gasteiger partial charge < -0.3 is 11.1 Å². The first-order chi connectivity index (χ1) is 10.0. The first-order valence-electron chi connectivity index (χ1n) is 7.27. The molecule has 2 aromatic rings. The Hall–Kier alpha value is -2.29. The van der Waals surface area contributed by atoms with Crippen LogP contribution in [-0.2, 0) is 10.2 Å². The van der Waals surface area contributed by atoms with Crippen LogP contribution in [0.5, 0.6) is 0 Å². The Balaban J connectivity index is 1.86. The monoisotopic (exact) mass is 280 g/mol. The topological polar surface area (TPSA) is 55.1 Å². The summed E-state index contributed by atoms with van der Waals surface area (Å²) in [5.74, 6) is 0.0695. The molecule has 108 valence electrons. The van der Waals surface area contributed by atoms with Crippen LogP contribution in [0.3, 0.4) is 0 Å². The highest BCUT2D eigenvalue weighted by atomic mass is 16.2. The molecule has 3 rings (SSSR count). The summed E-state index contributed by atoms with van der Waals surface area (Å²) in [6.45, 7) is 3.96. The molecule has 3 nitrogen and oxygen atoms in total. The minimum absolute atomic E-state index is 0.0695. The average Bonchev–Trinajstić information content (AvgIpc) is 3.27. The third-order valence-electron chi connectivity index (χ3n) is 4.37. The van der Waals surface area contributed by atoms with Gasteiger partial charge in [0.25, 0.3) is 0 Å². The zero-order chi connectivity index (χ0) is 15.0. The lowest BCUT2D eigenvalue weighted by atomic mass is 9.94. The van der Waals surface area contributed by atoms with E-state index in [0.29, 0.717) is 5.69 Å². The summed E-state index contributed by atoms with van der Waals surface area (Å²) in [5, 5.41) is 3.06. The van der Waals surface area contributed by atoms with E-state index in [1.807, 2.05) is 56.3 Å². The van der Waals surface area contributed by atoms with Crippen molar-refractivity contribution in [3.63, 3.8) is 0 Å². The van der Waals surface area contributed by atoms with Gasteiger partial charge in [0.05, 0.1) is 5.41 Å². The van der Waals surface area contributed by atoms with Gasteiger partial charge in [-0.2, -0.15) is 0 Å². The number of aryl methyl sites for hydroxylation is 2. The van der Waals surface area contributed by atoms with Gasteiger partial charge in [0.15, 0.2) is 0 Å². The van der Waals surface area contributed by atoms with E-state index in [1.54, 1.807) is 0 Å². The highest BCUT2D eigenvalue weighted by Crippen LogP contribution is 2.49. The van der Waals surface area contributed by atoms with Crippen LogP contribution in [0.1, 0.15) is 29.5 Å². The van der Waals surface area contributed by atoms with E-state index in [2.05, 4.69) is 5.32 Å². The van der Waals surface area contributed by atoms with Crippen molar-refractivity contribution in [2.45, 2.75) is 32.1 Å². The maximum atomic E-state index is 12.7. The molecule has 0 unspecified atom stereocenters. The van der Waals surface area contributed by atoms with Crippen molar-refractivity contribution < 1.29 is 4.79 Å². The summed E-state index contributed by atoms with van der Waals surface area (Å²) in [5.41, 5.74) is 10.3. The molecule has 0 heterocycles. The lowest BCUT2D eigenvalue weighted by Crippen LogP contribution is -2.28. The Labute approximate surface area is 125 Å². The van der Waals surface area contributed by atoms with Gasteiger partial charge >= 0.3 is 0 Å². The second kappa shape index (κ2) is 4.92. The SMILES string of the molecule is Cc1cc(C)c(NC(=O)C2(c3ccccc3)CC2)cc1N. The van der Waals surface area contributed by atoms with Crippen LogP contribution >= 0.6 is 0 Å². The summed E-state index contributed by atoms with van der Waals surface area (Å²) >= 11 is 0. The van der Waals surface area contributed by atoms with Gasteiger partial charge in [-0.3, -0.25) is 4.79 Å². The van der Waals surface area contributed by atoms with Crippen LogP contribution in [-0.4, -0.2) is 5.91 Å². The molecule has 3 N–H and O–H groups in total. The van der Waals surface area contributed by atoms with E-state index in [0.717, 1.165) is 35.2 Å². The zero-order valence-electron chi connectivity index (χ0n) is 12.4. The Morgan fingerprint density at radius 3 is 2.38 bits per heavy atom. The lowest BCUT2D eigenvalue weighted by Gasteiger charge is -2.17. The summed E-state index contributed by atoms with van der Waals surface area (Å²) in [4.78, 5) is 12.7. The Morgan fingerprint density at radius 1 is 1.10 bits per heavy atom. The number of hydrogen-bond acceptors (Lipinski definition) is 2. The second-order valence-corrected chi connectivity index (χ2v) is 5.93. The number of amides is 1. The Bertz CT molecular complexity index is 688. The van der Waals surface area contributed by atoms with Gasteiger partial charge in [-0.15, -0.1) is 0 Å². The number of carbonyl (C=O) groups excluding carboxylic acids is 1. The zero-order valence-corrected chi connectivity index (χ0v) is 12.4. The molecule has 21 heavy (non-hydrogen) atoms. The lowest BCUT2D eigenvalue weighted by molar-refractivity contribution is -0.118. The number of hydrogen-bond donors (Lipinski definition) is 2. The summed E-state index contributed by atoms with van der Waals surface area (Å²) < 4.78 is 0. The number of anilines is 2. The molecule has 0 spiro atoms. The quantitative estimate of drug-likeness (QED) is 0.845. The van der Waals surface area contributed by atoms with Crippen molar-refractivity contribution in [3.05, 3.63) is 59.2 Å². The number of benzene rings is 2. The fourth-order valence-corrected chi connectivity index (χ4v) is 2.77. The van der Waals surface area contributed by atoms with Crippen molar-refractivity contribution in [1.29, 1.82) is 0 Å². The minimum Gasteiger partial charge on any atom is -0.398 e. The fraction of sp³-hybridized carbons (Fsp3) is 0.278. The van der Waals surface area contributed by atoms with Gasteiger partial charge in [-0.05, 0) is 49.4 Å². The van der Waals surface area contributed by atoms with E-state index >= 15 is 0 Å². The van der Waals surface area contributed by atoms with Crippen molar-refractivity contribution in [2.75, 3.05) is 11.1 Å². The molecule has 1 fully saturated rings. The van der Waals surface area contributed by atoms with E-state index < -0.39 is 0 Å². The molecule has 0 bridgehead atoms. The minimum atomic E-state index is -0.354. The molecular weight excluding hydrogens is 260 g/mol. The van der Waals surface area contributed by atoms with Crippen LogP contribution in [0, 0.1) is 13.8 Å². The predicted molar refractivity (Wildman–Crippen MR) is 86.3 cm³/mol. The largest absolute Gasteiger partial charge is 0.398 e. The third-order valence-corrected chi connectivity index (χ3v) is 4.37. The van der Waals surface area contributed by atoms with E-state index in [-0.39, 0.29) is 11.3 Å². The normalized spacial score (nSPS) is 15.5. The van der Waals surface area contributed by atoms with E-state index in [4.69, 9.17) is 5.73 Å². The molecule has 0 atom stereocenters. The molecule has 3 heteroatoms. The Kier molecular flexibility index (Phi) is 3.20. The van der Waals surface area contributed by atoms with Crippen LogP contribution < -0.4 is 11.1 Å². The van der Waals surface area contributed by atoms with Gasteiger partial charge in [0.1, 0.15) is 0 Å². The molecule has 0 radical (unpaired) electrons. The molecule has 2 aromatic carbocycles. The summed E-state index contributed by atoms with van der Waals surface area (Å²) in [6, 6.07) is 13.9. The maximum absolute atomic E-state index is 12.7. The van der Waals surface area contributed by atoms with Gasteiger partial charge in [-0.1, -0.05) is 36.4 Å². The molecule has 1 aliphatic rings. The standard InChI is InChI=1S/C18H20N2O/c1-12-10-13(2)16(11-15(12)19)20-17(21)18(8-9-18)14-6-4-3-5-7-14/h3-7,10-11H,8-9,19H2,1-2H3,(H,20,21). The number of nitrogen functional groups attached to an aromatic ring is 1. The molecule has 0 saturated heterocycles. The fourth-order valence-electron chi connectivity index (χ4n) is 2.77. The average molecular weight is 280 g/mol. The molecule has 0 aromatic heterocycles. The van der Waals surface area contributed by atoms with Gasteiger partial charge in [0.2, 0.25) is 5.91 Å². The Morgan fingerprint density at radius 2 is 1.76 bits per heavy atom. The first-order valence-corrected chi connectivity index (χ1v) is 7.27. The summed E-state index contributed by atoms with van der Waals surface area (Å²) in [6.07, 6.45) is 1.81. The maximum Gasteiger partial charge on any atom is 0.235 e. The van der Waals surface area contributed by atoms with Crippen LogP contribution in [0.4, 0.5) is 11.4 Å². The second-order valence-electron chi connectivity index (χ2n) is 5.93. The summed E-state index contributed by atoms with van der Waals surface area (Å²) in [7, 11) is 0. The highest BCUT2D eigenvalue weighted by molar-refractivity contribution is 6.02. The van der Waals surface area contributed by atoms with E-state index in [1.165, 1.54) is 0 Å². The first kappa shape index (κ1) is 13.7. The highest BCUT2D eigenvalue weighted by Gasteiger charge is 2.51. The number of nitrogens with two attached hydrogens (primary N) is 1. The van der Waals surface area contributed by atoms with E-state index in [9.17, 15) is 4.79 Å². The third kappa shape index (κ3) is 2.40. The number of rotatable bonds is 3. The predicted octanol–water partition coefficient (Wildman–Crippen LogP) is 3.56. The molecule has 1 saturated carbocycles. The molecule has 1 amide bonds. The van der Waals surface area contributed by atoms with Crippen molar-refractivity contribution in [2.24, 2.45) is 0 Å².